The van der Waals surface area contributed by atoms with Crippen molar-refractivity contribution in [1.29, 1.82) is 0 Å². The van der Waals surface area contributed by atoms with Crippen molar-refractivity contribution in [3.8, 4) is 17.6 Å². The van der Waals surface area contributed by atoms with Gasteiger partial charge >= 0.3 is 12.0 Å². The minimum atomic E-state index is -1.26. The van der Waals surface area contributed by atoms with Crippen LogP contribution in [0.1, 0.15) is 10.5 Å². The van der Waals surface area contributed by atoms with Crippen molar-refractivity contribution in [2.75, 3.05) is 7.11 Å². The van der Waals surface area contributed by atoms with Crippen LogP contribution in [0.25, 0.3) is 0 Å². The third-order valence-corrected chi connectivity index (χ3v) is 2.26. The lowest BCUT2D eigenvalue weighted by Gasteiger charge is -2.06. The zero-order valence-corrected chi connectivity index (χ0v) is 10.1. The fourth-order valence-electron chi connectivity index (χ4n) is 1.35. The number of nitro groups is 1. The number of benzene rings is 1. The number of carbonyl (C=O) groups is 1. The molecule has 0 fully saturated rings. The highest BCUT2D eigenvalue weighted by atomic mass is 16.6. The standard InChI is InChI=1S/C11H8N2O7/c1-18-9-4-6(13(16)17)2-3-8(9)20-11-12-7(5-19-11)10(14)15/h2-5H,1H3,(H,14,15). The molecule has 20 heavy (non-hydrogen) atoms. The van der Waals surface area contributed by atoms with Gasteiger partial charge in [-0.05, 0) is 6.07 Å². The Balaban J connectivity index is 2.28. The molecule has 0 bridgehead atoms. The Hall–Kier alpha value is -3.10. The maximum Gasteiger partial charge on any atom is 0.400 e. The number of hydrogen-bond acceptors (Lipinski definition) is 7. The molecule has 0 saturated carbocycles. The van der Waals surface area contributed by atoms with E-state index in [1.165, 1.54) is 19.2 Å². The van der Waals surface area contributed by atoms with Gasteiger partial charge in [-0.15, -0.1) is 0 Å². The molecule has 0 saturated heterocycles. The lowest BCUT2D eigenvalue weighted by molar-refractivity contribution is -0.384. The van der Waals surface area contributed by atoms with Crippen molar-refractivity contribution < 1.29 is 28.7 Å². The lowest BCUT2D eigenvalue weighted by atomic mass is 10.3. The van der Waals surface area contributed by atoms with Crippen LogP contribution in [0.2, 0.25) is 0 Å². The molecule has 1 N–H and O–H groups in total. The molecular formula is C11H8N2O7. The number of rotatable bonds is 5. The molecule has 0 amide bonds. The van der Waals surface area contributed by atoms with E-state index in [9.17, 15) is 14.9 Å². The number of aromatic nitrogens is 1. The number of non-ortho nitro benzene ring substituents is 1. The molecule has 0 unspecified atom stereocenters. The first-order valence-electron chi connectivity index (χ1n) is 5.20. The molecule has 1 heterocycles. The predicted octanol–water partition coefficient (Wildman–Crippen LogP) is 2.08. The first kappa shape index (κ1) is 13.3. The van der Waals surface area contributed by atoms with Gasteiger partial charge in [0.2, 0.25) is 0 Å². The highest BCUT2D eigenvalue weighted by Crippen LogP contribution is 2.34. The number of nitro benzene ring substituents is 1. The van der Waals surface area contributed by atoms with Crippen molar-refractivity contribution in [2.45, 2.75) is 0 Å². The van der Waals surface area contributed by atoms with Gasteiger partial charge in [0.1, 0.15) is 6.26 Å². The fourth-order valence-corrected chi connectivity index (χ4v) is 1.35. The Morgan fingerprint density at radius 1 is 1.45 bits per heavy atom. The largest absolute Gasteiger partial charge is 0.493 e. The average molecular weight is 280 g/mol. The Morgan fingerprint density at radius 3 is 2.75 bits per heavy atom. The van der Waals surface area contributed by atoms with E-state index in [1.54, 1.807) is 0 Å². The molecule has 2 rings (SSSR count). The topological polar surface area (TPSA) is 125 Å². The van der Waals surface area contributed by atoms with Crippen LogP contribution >= 0.6 is 0 Å². The van der Waals surface area contributed by atoms with E-state index in [0.717, 1.165) is 12.3 Å². The molecule has 0 aliphatic heterocycles. The summed E-state index contributed by atoms with van der Waals surface area (Å²) in [4.78, 5) is 24.2. The summed E-state index contributed by atoms with van der Waals surface area (Å²) in [5.74, 6) is -1.06. The minimum absolute atomic E-state index is 0.0919. The van der Waals surface area contributed by atoms with E-state index in [-0.39, 0.29) is 29.0 Å². The molecule has 0 radical (unpaired) electrons. The van der Waals surface area contributed by atoms with Crippen LogP contribution in [-0.2, 0) is 0 Å². The van der Waals surface area contributed by atoms with E-state index in [1.807, 2.05) is 0 Å². The second-order valence-corrected chi connectivity index (χ2v) is 3.50. The van der Waals surface area contributed by atoms with E-state index in [2.05, 4.69) is 4.98 Å². The van der Waals surface area contributed by atoms with E-state index < -0.39 is 10.9 Å². The Labute approximate surface area is 111 Å². The van der Waals surface area contributed by atoms with Gasteiger partial charge in [0.25, 0.3) is 5.69 Å². The quantitative estimate of drug-likeness (QED) is 0.651. The molecule has 0 spiro atoms. The van der Waals surface area contributed by atoms with Gasteiger partial charge in [-0.1, -0.05) is 0 Å². The summed E-state index contributed by atoms with van der Waals surface area (Å²) in [6.45, 7) is 0. The van der Waals surface area contributed by atoms with Crippen molar-refractivity contribution >= 4 is 11.7 Å². The van der Waals surface area contributed by atoms with Gasteiger partial charge in [-0.3, -0.25) is 10.1 Å². The molecule has 9 heteroatoms. The van der Waals surface area contributed by atoms with E-state index in [0.29, 0.717) is 0 Å². The highest BCUT2D eigenvalue weighted by molar-refractivity contribution is 5.84. The van der Waals surface area contributed by atoms with Crippen LogP contribution in [0, 0.1) is 10.1 Å². The van der Waals surface area contributed by atoms with Crippen molar-refractivity contribution in [2.24, 2.45) is 0 Å². The number of carboxylic acids is 1. The van der Waals surface area contributed by atoms with E-state index in [4.69, 9.17) is 19.0 Å². The molecule has 104 valence electrons. The lowest BCUT2D eigenvalue weighted by Crippen LogP contribution is -1.96. The molecule has 0 aliphatic rings. The Kier molecular flexibility index (Phi) is 3.51. The van der Waals surface area contributed by atoms with Gasteiger partial charge in [-0.25, -0.2) is 4.79 Å². The first-order chi connectivity index (χ1) is 9.51. The number of aromatic carboxylic acids is 1. The number of carboxylic acid groups (broad SMARTS) is 1. The van der Waals surface area contributed by atoms with Gasteiger partial charge in [0.05, 0.1) is 18.1 Å². The van der Waals surface area contributed by atoms with Gasteiger partial charge in [-0.2, -0.15) is 4.98 Å². The van der Waals surface area contributed by atoms with E-state index >= 15 is 0 Å². The summed E-state index contributed by atoms with van der Waals surface area (Å²) in [5, 5.41) is 19.3. The zero-order chi connectivity index (χ0) is 14.7. The maximum atomic E-state index is 10.6. The second-order valence-electron chi connectivity index (χ2n) is 3.50. The first-order valence-corrected chi connectivity index (χ1v) is 5.20. The van der Waals surface area contributed by atoms with Crippen LogP contribution in [0.15, 0.2) is 28.9 Å². The molecule has 0 aliphatic carbocycles. The van der Waals surface area contributed by atoms with Gasteiger partial charge in [0, 0.05) is 6.07 Å². The summed E-state index contributed by atoms with van der Waals surface area (Å²) >= 11 is 0. The highest BCUT2D eigenvalue weighted by Gasteiger charge is 2.16. The summed E-state index contributed by atoms with van der Waals surface area (Å²) in [5.41, 5.74) is -0.492. The minimum Gasteiger partial charge on any atom is -0.493 e. The number of methoxy groups -OCH3 is 1. The second kappa shape index (κ2) is 5.26. The molecular weight excluding hydrogens is 272 g/mol. The average Bonchev–Trinajstić information content (AvgIpc) is 2.87. The van der Waals surface area contributed by atoms with Crippen LogP contribution in [-0.4, -0.2) is 28.1 Å². The fraction of sp³-hybridized carbons (Fsp3) is 0.0909. The van der Waals surface area contributed by atoms with Crippen LogP contribution in [0.4, 0.5) is 5.69 Å². The summed E-state index contributed by atoms with van der Waals surface area (Å²) in [7, 11) is 1.31. The van der Waals surface area contributed by atoms with Crippen molar-refractivity contribution in [3.05, 3.63) is 40.3 Å². The molecule has 1 aromatic carbocycles. The third kappa shape index (κ3) is 2.66. The van der Waals surface area contributed by atoms with Crippen LogP contribution in [0.3, 0.4) is 0 Å². The smallest absolute Gasteiger partial charge is 0.400 e. The third-order valence-electron chi connectivity index (χ3n) is 2.26. The van der Waals surface area contributed by atoms with Crippen LogP contribution in [0.5, 0.6) is 17.6 Å². The summed E-state index contributed by atoms with van der Waals surface area (Å²) in [6, 6.07) is 3.66. The molecule has 1 aromatic heterocycles. The zero-order valence-electron chi connectivity index (χ0n) is 10.1. The van der Waals surface area contributed by atoms with Crippen molar-refractivity contribution in [1.82, 2.24) is 4.98 Å². The monoisotopic (exact) mass is 280 g/mol. The normalized spacial score (nSPS) is 10.1. The number of hydrogen-bond donors (Lipinski definition) is 1. The maximum absolute atomic E-state index is 10.6. The van der Waals surface area contributed by atoms with Gasteiger partial charge in [0.15, 0.2) is 17.2 Å². The number of ether oxygens (including phenoxy) is 2. The number of nitrogens with zero attached hydrogens (tertiary/aromatic N) is 2. The Bertz CT molecular complexity index is 665. The summed E-state index contributed by atoms with van der Waals surface area (Å²) in [6.07, 6.45) is 0.602. The molecule has 9 nitrogen and oxygen atoms in total. The SMILES string of the molecule is COc1cc([N+](=O)[O-])ccc1Oc1nc(C(=O)O)co1. The predicted molar refractivity (Wildman–Crippen MR) is 63.2 cm³/mol. The van der Waals surface area contributed by atoms with Gasteiger partial charge < -0.3 is 19.0 Å². The Morgan fingerprint density at radius 2 is 2.20 bits per heavy atom. The van der Waals surface area contributed by atoms with Crippen LogP contribution < -0.4 is 9.47 Å². The molecule has 2 aromatic rings. The number of oxazole rings is 1. The van der Waals surface area contributed by atoms with Crippen molar-refractivity contribution in [3.63, 3.8) is 0 Å². The molecule has 0 atom stereocenters. The summed E-state index contributed by atoms with van der Waals surface area (Å²) < 4.78 is 14.9.